The predicted molar refractivity (Wildman–Crippen MR) is 80.3 cm³/mol. The minimum Gasteiger partial charge on any atom is -0.0991 e. The highest BCUT2D eigenvalue weighted by molar-refractivity contribution is 9.10. The minimum absolute atomic E-state index is 0.00194. The Kier molecular flexibility index (Phi) is 4.95. The molecule has 1 heteroatoms. The summed E-state index contributed by atoms with van der Waals surface area (Å²) in [5.74, 6) is 0. The van der Waals surface area contributed by atoms with E-state index in [2.05, 4.69) is 79.7 Å². The van der Waals surface area contributed by atoms with Crippen molar-refractivity contribution < 1.29 is 0 Å². The van der Waals surface area contributed by atoms with E-state index in [0.717, 1.165) is 4.47 Å². The molecule has 0 saturated carbocycles. The van der Waals surface area contributed by atoms with Gasteiger partial charge in [0.05, 0.1) is 0 Å². The molecule has 0 heterocycles. The maximum Gasteiger partial charge on any atom is 0.0178 e. The number of hydrogen-bond donors (Lipinski definition) is 0. The Morgan fingerprint density at radius 1 is 1.35 bits per heavy atom. The SMILES string of the molecule is C=C/C=C\C(=C/C)C(C)(C)c1cccc(Br)c1. The van der Waals surface area contributed by atoms with E-state index in [4.69, 9.17) is 0 Å². The van der Waals surface area contributed by atoms with Crippen molar-refractivity contribution in [2.75, 3.05) is 0 Å². The van der Waals surface area contributed by atoms with Crippen LogP contribution in [0.1, 0.15) is 26.3 Å². The zero-order valence-corrected chi connectivity index (χ0v) is 12.3. The van der Waals surface area contributed by atoms with Crippen molar-refractivity contribution in [2.24, 2.45) is 0 Å². The standard InChI is InChI=1S/C16H19Br/c1-5-7-9-13(6-2)16(3,4)14-10-8-11-15(17)12-14/h5-12H,1H2,2-4H3/b9-7-,13-6+. The first kappa shape index (κ1) is 14.0. The lowest BCUT2D eigenvalue weighted by Gasteiger charge is -2.27. The molecule has 0 spiro atoms. The molecule has 0 radical (unpaired) electrons. The van der Waals surface area contributed by atoms with Gasteiger partial charge in [-0.3, -0.25) is 0 Å². The van der Waals surface area contributed by atoms with Crippen molar-refractivity contribution in [3.63, 3.8) is 0 Å². The Labute approximate surface area is 113 Å². The largest absolute Gasteiger partial charge is 0.0991 e. The maximum absolute atomic E-state index is 3.71. The van der Waals surface area contributed by atoms with Gasteiger partial charge in [-0.25, -0.2) is 0 Å². The Balaban J connectivity index is 3.17. The van der Waals surface area contributed by atoms with Crippen LogP contribution >= 0.6 is 15.9 Å². The summed E-state index contributed by atoms with van der Waals surface area (Å²) in [6.07, 6.45) is 8.06. The van der Waals surface area contributed by atoms with Gasteiger partial charge in [-0.15, -0.1) is 0 Å². The summed E-state index contributed by atoms with van der Waals surface area (Å²) < 4.78 is 1.12. The van der Waals surface area contributed by atoms with E-state index in [1.807, 2.05) is 6.08 Å². The lowest BCUT2D eigenvalue weighted by atomic mass is 9.77. The topological polar surface area (TPSA) is 0 Å². The van der Waals surface area contributed by atoms with E-state index in [-0.39, 0.29) is 5.41 Å². The second-order valence-electron chi connectivity index (χ2n) is 4.47. The number of rotatable bonds is 4. The molecule has 0 aromatic heterocycles. The quantitative estimate of drug-likeness (QED) is 0.650. The van der Waals surface area contributed by atoms with Crippen LogP contribution in [0.4, 0.5) is 0 Å². The van der Waals surface area contributed by atoms with Crippen molar-refractivity contribution in [3.8, 4) is 0 Å². The average molecular weight is 291 g/mol. The molecule has 1 aromatic carbocycles. The number of hydrogen-bond acceptors (Lipinski definition) is 0. The van der Waals surface area contributed by atoms with E-state index < -0.39 is 0 Å². The summed E-state index contributed by atoms with van der Waals surface area (Å²) in [6, 6.07) is 8.46. The van der Waals surface area contributed by atoms with E-state index in [1.165, 1.54) is 11.1 Å². The molecule has 0 amide bonds. The first-order chi connectivity index (χ1) is 8.02. The Hall–Kier alpha value is -1.08. The van der Waals surface area contributed by atoms with Gasteiger partial charge in [0, 0.05) is 9.89 Å². The Morgan fingerprint density at radius 2 is 2.06 bits per heavy atom. The van der Waals surface area contributed by atoms with Gasteiger partial charge in [0.25, 0.3) is 0 Å². The summed E-state index contributed by atoms with van der Waals surface area (Å²) in [4.78, 5) is 0. The van der Waals surface area contributed by atoms with E-state index in [1.54, 1.807) is 6.08 Å². The lowest BCUT2D eigenvalue weighted by Crippen LogP contribution is -2.19. The highest BCUT2D eigenvalue weighted by Crippen LogP contribution is 2.33. The molecule has 0 aliphatic rings. The summed E-state index contributed by atoms with van der Waals surface area (Å²) in [5.41, 5.74) is 2.59. The highest BCUT2D eigenvalue weighted by atomic mass is 79.9. The number of halogens is 1. The average Bonchev–Trinajstić information content (AvgIpc) is 2.30. The summed E-state index contributed by atoms with van der Waals surface area (Å²) in [7, 11) is 0. The van der Waals surface area contributed by atoms with Gasteiger partial charge in [0.15, 0.2) is 0 Å². The molecular weight excluding hydrogens is 272 g/mol. The van der Waals surface area contributed by atoms with Crippen LogP contribution in [0.5, 0.6) is 0 Å². The van der Waals surface area contributed by atoms with Crippen LogP contribution in [0.2, 0.25) is 0 Å². The second-order valence-corrected chi connectivity index (χ2v) is 5.39. The van der Waals surface area contributed by atoms with Crippen molar-refractivity contribution in [1.82, 2.24) is 0 Å². The van der Waals surface area contributed by atoms with Gasteiger partial charge in [-0.1, -0.05) is 72.8 Å². The third-order valence-corrected chi connectivity index (χ3v) is 3.48. The molecular formula is C16H19Br. The molecule has 0 saturated heterocycles. The first-order valence-electron chi connectivity index (χ1n) is 5.74. The van der Waals surface area contributed by atoms with E-state index in [0.29, 0.717) is 0 Å². The number of benzene rings is 1. The normalized spacial score (nSPS) is 13.1. The van der Waals surface area contributed by atoms with Crippen LogP contribution in [-0.4, -0.2) is 0 Å². The molecule has 0 nitrogen and oxygen atoms in total. The number of allylic oxidation sites excluding steroid dienone is 5. The summed E-state index contributed by atoms with van der Waals surface area (Å²) in [5, 5.41) is 0. The molecule has 17 heavy (non-hydrogen) atoms. The van der Waals surface area contributed by atoms with E-state index in [9.17, 15) is 0 Å². The highest BCUT2D eigenvalue weighted by Gasteiger charge is 2.23. The molecule has 0 atom stereocenters. The smallest absolute Gasteiger partial charge is 0.0178 e. The van der Waals surface area contributed by atoms with Gasteiger partial charge in [0.2, 0.25) is 0 Å². The molecule has 90 valence electrons. The zero-order valence-electron chi connectivity index (χ0n) is 10.7. The van der Waals surface area contributed by atoms with Gasteiger partial charge in [-0.05, 0) is 30.2 Å². The lowest BCUT2D eigenvalue weighted by molar-refractivity contribution is 0.637. The van der Waals surface area contributed by atoms with Crippen LogP contribution in [-0.2, 0) is 5.41 Å². The van der Waals surface area contributed by atoms with Gasteiger partial charge in [-0.2, -0.15) is 0 Å². The van der Waals surface area contributed by atoms with Crippen LogP contribution < -0.4 is 0 Å². The van der Waals surface area contributed by atoms with Crippen LogP contribution in [0.15, 0.2) is 65.2 Å². The van der Waals surface area contributed by atoms with Crippen molar-refractivity contribution in [1.29, 1.82) is 0 Å². The molecule has 1 aromatic rings. The van der Waals surface area contributed by atoms with Gasteiger partial charge >= 0.3 is 0 Å². The van der Waals surface area contributed by atoms with Crippen LogP contribution in [0.25, 0.3) is 0 Å². The maximum atomic E-state index is 3.71. The summed E-state index contributed by atoms with van der Waals surface area (Å²) in [6.45, 7) is 10.3. The fourth-order valence-electron chi connectivity index (χ4n) is 1.88. The van der Waals surface area contributed by atoms with Gasteiger partial charge < -0.3 is 0 Å². The van der Waals surface area contributed by atoms with Crippen molar-refractivity contribution in [3.05, 3.63) is 70.8 Å². The minimum atomic E-state index is -0.00194. The zero-order chi connectivity index (χ0) is 12.9. The first-order valence-corrected chi connectivity index (χ1v) is 6.53. The molecule has 0 aliphatic carbocycles. The molecule has 0 aliphatic heterocycles. The Bertz CT molecular complexity index is 450. The van der Waals surface area contributed by atoms with Gasteiger partial charge in [0.1, 0.15) is 0 Å². The fraction of sp³-hybridized carbons (Fsp3) is 0.250. The van der Waals surface area contributed by atoms with Crippen LogP contribution in [0, 0.1) is 0 Å². The molecule has 0 fully saturated rings. The monoisotopic (exact) mass is 290 g/mol. The van der Waals surface area contributed by atoms with Crippen molar-refractivity contribution in [2.45, 2.75) is 26.2 Å². The Morgan fingerprint density at radius 3 is 2.59 bits per heavy atom. The molecule has 0 bridgehead atoms. The second kappa shape index (κ2) is 6.02. The fourth-order valence-corrected chi connectivity index (χ4v) is 2.28. The molecule has 0 unspecified atom stereocenters. The van der Waals surface area contributed by atoms with Crippen molar-refractivity contribution >= 4 is 15.9 Å². The summed E-state index contributed by atoms with van der Waals surface area (Å²) >= 11 is 3.52. The van der Waals surface area contributed by atoms with Crippen LogP contribution in [0.3, 0.4) is 0 Å². The predicted octanol–water partition coefficient (Wildman–Crippen LogP) is 5.42. The third kappa shape index (κ3) is 3.44. The van der Waals surface area contributed by atoms with E-state index >= 15 is 0 Å². The molecule has 1 rings (SSSR count). The third-order valence-electron chi connectivity index (χ3n) is 2.99. The molecule has 0 N–H and O–H groups in total.